The lowest BCUT2D eigenvalue weighted by molar-refractivity contribution is -0.394. The monoisotopic (exact) mass is 1040 g/mol. The standard InChI is InChI=1S/C49H83N7O17/c1-47(2,3)43(51-46(59)50-41(45(58)73-49(7,8)9)17-18-44(57)72-48(4,5)6)14-10-11-19-54-36-39(52-53-54)37-71-34-33-70-32-31-69-30-29-68-28-27-67-26-25-66-24-23-65-22-21-64-20-12-13-38-15-16-40(55(60)61)35-42(38)56(62)63/h15-16,35-36,41,43H,10-14,17-34,37H2,1-9H3,(H2,50,51,59)/t41-,43-/m0/s1. The van der Waals surface area contributed by atoms with Crippen LogP contribution < -0.4 is 10.6 Å². The van der Waals surface area contributed by atoms with Gasteiger partial charge in [-0.1, -0.05) is 26.0 Å². The highest BCUT2D eigenvalue weighted by molar-refractivity contribution is 5.84. The summed E-state index contributed by atoms with van der Waals surface area (Å²) >= 11 is 0. The van der Waals surface area contributed by atoms with E-state index < -0.39 is 45.1 Å². The van der Waals surface area contributed by atoms with E-state index in [-0.39, 0.29) is 35.7 Å². The Morgan fingerprint density at radius 2 is 1.14 bits per heavy atom. The number of benzene rings is 1. The summed E-state index contributed by atoms with van der Waals surface area (Å²) in [7, 11) is 0. The summed E-state index contributed by atoms with van der Waals surface area (Å²) in [5.41, 5.74) is -1.17. The Morgan fingerprint density at radius 3 is 1.62 bits per heavy atom. The Hall–Kier alpha value is -4.95. The number of unbranched alkanes of at least 4 members (excludes halogenated alkanes) is 1. The molecule has 0 aliphatic heterocycles. The number of carbonyl (C=O) groups excluding carboxylic acids is 3. The number of nitro benzene ring substituents is 2. The molecule has 0 aliphatic rings. The van der Waals surface area contributed by atoms with E-state index in [9.17, 15) is 34.6 Å². The molecule has 0 aliphatic carbocycles. The van der Waals surface area contributed by atoms with Gasteiger partial charge in [0.15, 0.2) is 0 Å². The third kappa shape index (κ3) is 32.1. The molecule has 2 aromatic rings. The minimum atomic E-state index is -1.03. The van der Waals surface area contributed by atoms with Crippen LogP contribution in [0.15, 0.2) is 24.4 Å². The predicted octanol–water partition coefficient (Wildman–Crippen LogP) is 6.08. The molecule has 1 aromatic carbocycles. The second-order valence-electron chi connectivity index (χ2n) is 20.0. The second-order valence-corrected chi connectivity index (χ2v) is 20.0. The van der Waals surface area contributed by atoms with Crippen molar-refractivity contribution in [3.05, 3.63) is 55.9 Å². The number of rotatable bonds is 40. The average molecular weight is 1040 g/mol. The van der Waals surface area contributed by atoms with Gasteiger partial charge in [0.1, 0.15) is 22.9 Å². The molecule has 0 fully saturated rings. The molecule has 1 aromatic heterocycles. The highest BCUT2D eigenvalue weighted by atomic mass is 16.6. The number of esters is 2. The molecule has 0 spiro atoms. The lowest BCUT2D eigenvalue weighted by Crippen LogP contribution is -2.53. The van der Waals surface area contributed by atoms with Gasteiger partial charge in [-0.3, -0.25) is 29.7 Å². The van der Waals surface area contributed by atoms with Crippen LogP contribution in [0, 0.1) is 25.6 Å². The van der Waals surface area contributed by atoms with Crippen molar-refractivity contribution in [2.75, 3.05) is 99.1 Å². The van der Waals surface area contributed by atoms with Crippen LogP contribution in [0.4, 0.5) is 16.2 Å². The van der Waals surface area contributed by atoms with Gasteiger partial charge < -0.3 is 58.0 Å². The van der Waals surface area contributed by atoms with E-state index >= 15 is 0 Å². The number of hydrogen-bond donors (Lipinski definition) is 2. The SMILES string of the molecule is CC(C)(C)OC(=O)CC[C@H](NC(=O)N[C@@H](CCCCn1cc(COCCOCCOCCOCCOCCOCCOCCOCCCc2ccc([N+](=O)[O-])cc2[N+](=O)[O-])nn1)C(C)(C)C)C(=O)OC(C)(C)C. The molecule has 24 heteroatoms. The van der Waals surface area contributed by atoms with Crippen molar-refractivity contribution >= 4 is 29.3 Å². The van der Waals surface area contributed by atoms with Crippen molar-refractivity contribution in [2.24, 2.45) is 5.41 Å². The molecule has 24 nitrogen and oxygen atoms in total. The molecule has 2 N–H and O–H groups in total. The summed E-state index contributed by atoms with van der Waals surface area (Å²) in [4.78, 5) is 59.5. The smallest absolute Gasteiger partial charge is 0.329 e. The maximum Gasteiger partial charge on any atom is 0.329 e. The molecular formula is C49H83N7O17. The van der Waals surface area contributed by atoms with Crippen molar-refractivity contribution < 1.29 is 71.6 Å². The minimum Gasteiger partial charge on any atom is -0.460 e. The average Bonchev–Trinajstić information content (AvgIpc) is 3.75. The van der Waals surface area contributed by atoms with Gasteiger partial charge in [-0.05, 0) is 91.5 Å². The predicted molar refractivity (Wildman–Crippen MR) is 267 cm³/mol. The fourth-order valence-corrected chi connectivity index (χ4v) is 6.62. The third-order valence-corrected chi connectivity index (χ3v) is 10.2. The fraction of sp³-hybridized carbons (Fsp3) is 0.776. The molecule has 0 saturated heterocycles. The van der Waals surface area contributed by atoms with E-state index in [2.05, 4.69) is 20.9 Å². The first-order valence-corrected chi connectivity index (χ1v) is 25.0. The van der Waals surface area contributed by atoms with E-state index in [0.29, 0.717) is 143 Å². The number of hydrogen-bond acceptors (Lipinski definition) is 19. The molecule has 0 unspecified atom stereocenters. The number of nitrogens with zero attached hydrogens (tertiary/aromatic N) is 5. The Bertz CT molecular complexity index is 1900. The molecule has 0 saturated carbocycles. The first-order chi connectivity index (χ1) is 34.5. The lowest BCUT2D eigenvalue weighted by atomic mass is 9.84. The largest absolute Gasteiger partial charge is 0.460 e. The highest BCUT2D eigenvalue weighted by Gasteiger charge is 2.31. The van der Waals surface area contributed by atoms with Gasteiger partial charge >= 0.3 is 18.0 Å². The number of carbonyl (C=O) groups is 3. The molecule has 416 valence electrons. The molecule has 2 amide bonds. The summed E-state index contributed by atoms with van der Waals surface area (Å²) in [5.74, 6) is -1.09. The number of ether oxygens (including phenoxy) is 10. The van der Waals surface area contributed by atoms with E-state index in [0.717, 1.165) is 18.9 Å². The van der Waals surface area contributed by atoms with Crippen LogP contribution in [0.3, 0.4) is 0 Å². The van der Waals surface area contributed by atoms with Gasteiger partial charge in [0, 0.05) is 37.2 Å². The van der Waals surface area contributed by atoms with Crippen LogP contribution >= 0.6 is 0 Å². The number of non-ortho nitro benzene ring substituents is 1. The zero-order chi connectivity index (χ0) is 54.1. The molecule has 73 heavy (non-hydrogen) atoms. The maximum atomic E-state index is 13.2. The maximum absolute atomic E-state index is 13.2. The number of aromatic nitrogens is 3. The number of urea groups is 1. The van der Waals surface area contributed by atoms with Gasteiger partial charge in [0.05, 0.1) is 121 Å². The summed E-state index contributed by atoms with van der Waals surface area (Å²) in [5, 5.41) is 36.3. The van der Waals surface area contributed by atoms with Crippen molar-refractivity contribution in [3.63, 3.8) is 0 Å². The molecule has 1 heterocycles. The van der Waals surface area contributed by atoms with E-state index in [1.54, 1.807) is 46.2 Å². The van der Waals surface area contributed by atoms with E-state index in [1.165, 1.54) is 12.1 Å². The second kappa shape index (κ2) is 35.3. The van der Waals surface area contributed by atoms with Crippen molar-refractivity contribution in [1.29, 1.82) is 0 Å². The van der Waals surface area contributed by atoms with Crippen LogP contribution in [0.25, 0.3) is 0 Å². The van der Waals surface area contributed by atoms with Crippen LogP contribution in [0.1, 0.15) is 112 Å². The number of nitrogens with one attached hydrogen (secondary N) is 2. The Labute approximate surface area is 429 Å². The van der Waals surface area contributed by atoms with Gasteiger partial charge in [-0.2, -0.15) is 0 Å². The summed E-state index contributed by atoms with van der Waals surface area (Å²) in [6.45, 7) is 23.7. The number of amides is 2. The van der Waals surface area contributed by atoms with Crippen molar-refractivity contribution in [3.8, 4) is 0 Å². The van der Waals surface area contributed by atoms with Gasteiger partial charge in [-0.25, -0.2) is 9.59 Å². The number of aryl methyl sites for hydroxylation is 2. The van der Waals surface area contributed by atoms with Crippen LogP contribution in [-0.2, 0) is 76.5 Å². The Kier molecular flexibility index (Phi) is 31.0. The minimum absolute atomic E-state index is 0.0362. The molecular weight excluding hydrogens is 959 g/mol. The number of nitro groups is 2. The first-order valence-electron chi connectivity index (χ1n) is 25.0. The lowest BCUT2D eigenvalue weighted by Gasteiger charge is -2.32. The van der Waals surface area contributed by atoms with Crippen LogP contribution in [0.5, 0.6) is 0 Å². The molecule has 2 atom stereocenters. The summed E-state index contributed by atoms with van der Waals surface area (Å²) < 4.78 is 57.0. The van der Waals surface area contributed by atoms with Gasteiger partial charge in [0.25, 0.3) is 11.4 Å². The Morgan fingerprint density at radius 1 is 0.630 bits per heavy atom. The quantitative estimate of drug-likeness (QED) is 0.0331. The zero-order valence-electron chi connectivity index (χ0n) is 44.6. The van der Waals surface area contributed by atoms with Crippen molar-refractivity contribution in [2.45, 2.75) is 144 Å². The first kappa shape index (κ1) is 64.2. The van der Waals surface area contributed by atoms with Crippen LogP contribution in [-0.4, -0.2) is 165 Å². The highest BCUT2D eigenvalue weighted by Crippen LogP contribution is 2.26. The zero-order valence-corrected chi connectivity index (χ0v) is 44.6. The molecule has 0 bridgehead atoms. The normalized spacial score (nSPS) is 12.8. The summed E-state index contributed by atoms with van der Waals surface area (Å²) in [6, 6.07) is 1.89. The Balaban J connectivity index is 1.43. The van der Waals surface area contributed by atoms with E-state index in [4.69, 9.17) is 47.4 Å². The van der Waals surface area contributed by atoms with Crippen molar-refractivity contribution in [1.82, 2.24) is 25.6 Å². The van der Waals surface area contributed by atoms with Gasteiger partial charge in [0.2, 0.25) is 0 Å². The molecule has 0 radical (unpaired) electrons. The topological polar surface area (TPSA) is 285 Å². The third-order valence-electron chi connectivity index (χ3n) is 10.2. The van der Waals surface area contributed by atoms with Gasteiger partial charge in [-0.15, -0.1) is 5.10 Å². The van der Waals surface area contributed by atoms with Crippen LogP contribution in [0.2, 0.25) is 0 Å². The fourth-order valence-electron chi connectivity index (χ4n) is 6.62. The molecule has 2 rings (SSSR count). The summed E-state index contributed by atoms with van der Waals surface area (Å²) in [6.07, 6.45) is 4.99. The van der Waals surface area contributed by atoms with E-state index in [1.807, 2.05) is 27.0 Å².